The van der Waals surface area contributed by atoms with Gasteiger partial charge in [-0.1, -0.05) is 29.3 Å². The van der Waals surface area contributed by atoms with Crippen molar-refractivity contribution in [3.05, 3.63) is 33.8 Å². The molecule has 0 aliphatic carbocycles. The van der Waals surface area contributed by atoms with E-state index in [1.54, 1.807) is 0 Å². The molecule has 0 amide bonds. The van der Waals surface area contributed by atoms with Gasteiger partial charge in [-0.2, -0.15) is 0 Å². The van der Waals surface area contributed by atoms with Crippen LogP contribution < -0.4 is 5.73 Å². The molecule has 2 rings (SSSR count). The molecule has 1 aliphatic heterocycles. The zero-order chi connectivity index (χ0) is 11.7. The number of nitrogens with zero attached hydrogens (tertiary/aromatic N) is 1. The molecule has 2 unspecified atom stereocenters. The molecule has 0 aromatic heterocycles. The van der Waals surface area contributed by atoms with Crippen molar-refractivity contribution in [1.29, 1.82) is 0 Å². The number of halogens is 2. The van der Waals surface area contributed by atoms with Crippen molar-refractivity contribution in [1.82, 2.24) is 4.90 Å². The van der Waals surface area contributed by atoms with Crippen molar-refractivity contribution in [2.75, 3.05) is 13.6 Å². The fourth-order valence-corrected chi connectivity index (χ4v) is 3.05. The Balaban J connectivity index is 2.41. The average Bonchev–Trinajstić information content (AvgIpc) is 2.21. The summed E-state index contributed by atoms with van der Waals surface area (Å²) >= 11 is 12.5. The molecule has 2 N–H and O–H groups in total. The number of hydrogen-bond acceptors (Lipinski definition) is 2. The SMILES string of the molecule is CN1CCCC(N)C1c1c(Cl)cccc1Cl. The summed E-state index contributed by atoms with van der Waals surface area (Å²) in [6.45, 7) is 1.04. The van der Waals surface area contributed by atoms with Crippen LogP contribution in [-0.2, 0) is 0 Å². The summed E-state index contributed by atoms with van der Waals surface area (Å²) in [5, 5.41) is 1.42. The molecular weight excluding hydrogens is 243 g/mol. The van der Waals surface area contributed by atoms with Gasteiger partial charge in [-0.25, -0.2) is 0 Å². The summed E-state index contributed by atoms with van der Waals surface area (Å²) in [5.74, 6) is 0. The average molecular weight is 259 g/mol. The van der Waals surface area contributed by atoms with Gasteiger partial charge in [-0.3, -0.25) is 4.90 Å². The molecule has 2 nitrogen and oxygen atoms in total. The van der Waals surface area contributed by atoms with Crippen molar-refractivity contribution in [3.63, 3.8) is 0 Å². The van der Waals surface area contributed by atoms with Gasteiger partial charge < -0.3 is 5.73 Å². The molecule has 1 heterocycles. The third kappa shape index (κ3) is 2.21. The van der Waals surface area contributed by atoms with E-state index in [9.17, 15) is 0 Å². The first-order chi connectivity index (χ1) is 7.61. The molecule has 0 spiro atoms. The minimum Gasteiger partial charge on any atom is -0.326 e. The number of likely N-dealkylation sites (tertiary alicyclic amines) is 1. The molecular formula is C12H16Cl2N2. The van der Waals surface area contributed by atoms with Gasteiger partial charge in [0.25, 0.3) is 0 Å². The largest absolute Gasteiger partial charge is 0.326 e. The van der Waals surface area contributed by atoms with E-state index < -0.39 is 0 Å². The molecule has 16 heavy (non-hydrogen) atoms. The van der Waals surface area contributed by atoms with Crippen LogP contribution in [0, 0.1) is 0 Å². The highest BCUT2D eigenvalue weighted by molar-refractivity contribution is 6.36. The van der Waals surface area contributed by atoms with E-state index in [1.165, 1.54) is 0 Å². The highest BCUT2D eigenvalue weighted by Crippen LogP contribution is 2.37. The van der Waals surface area contributed by atoms with E-state index in [1.807, 2.05) is 18.2 Å². The van der Waals surface area contributed by atoms with Gasteiger partial charge in [0.1, 0.15) is 0 Å². The number of piperidine rings is 1. The number of likely N-dealkylation sites (N-methyl/N-ethyl adjacent to an activating group) is 1. The Morgan fingerprint density at radius 2 is 1.94 bits per heavy atom. The minimum atomic E-state index is 0.108. The number of hydrogen-bond donors (Lipinski definition) is 1. The fourth-order valence-electron chi connectivity index (χ4n) is 2.43. The van der Waals surface area contributed by atoms with Gasteiger partial charge in [0.05, 0.1) is 6.04 Å². The lowest BCUT2D eigenvalue weighted by molar-refractivity contribution is 0.163. The van der Waals surface area contributed by atoms with Crippen LogP contribution in [0.5, 0.6) is 0 Å². The normalized spacial score (nSPS) is 27.0. The van der Waals surface area contributed by atoms with Crippen molar-refractivity contribution >= 4 is 23.2 Å². The lowest BCUT2D eigenvalue weighted by Gasteiger charge is -2.38. The van der Waals surface area contributed by atoms with Crippen LogP contribution in [0.2, 0.25) is 10.0 Å². The van der Waals surface area contributed by atoms with Crippen molar-refractivity contribution < 1.29 is 0 Å². The molecule has 88 valence electrons. The Hall–Kier alpha value is -0.280. The van der Waals surface area contributed by atoms with Crippen LogP contribution in [0.3, 0.4) is 0 Å². The first kappa shape index (κ1) is 12.2. The first-order valence-corrected chi connectivity index (χ1v) is 6.26. The van der Waals surface area contributed by atoms with E-state index >= 15 is 0 Å². The summed E-state index contributed by atoms with van der Waals surface area (Å²) in [6.07, 6.45) is 2.16. The maximum Gasteiger partial charge on any atom is 0.0526 e. The third-order valence-electron chi connectivity index (χ3n) is 3.22. The Labute approximate surface area is 106 Å². The molecule has 1 aromatic carbocycles. The Bertz CT molecular complexity index is 351. The number of rotatable bonds is 1. The molecule has 1 aliphatic rings. The monoisotopic (exact) mass is 258 g/mol. The summed E-state index contributed by atoms with van der Waals surface area (Å²) in [4.78, 5) is 2.24. The highest BCUT2D eigenvalue weighted by atomic mass is 35.5. The van der Waals surface area contributed by atoms with Gasteiger partial charge in [0.15, 0.2) is 0 Å². The molecule has 0 bridgehead atoms. The number of benzene rings is 1. The Morgan fingerprint density at radius 1 is 1.31 bits per heavy atom. The smallest absolute Gasteiger partial charge is 0.0526 e. The van der Waals surface area contributed by atoms with E-state index in [0.717, 1.165) is 24.9 Å². The van der Waals surface area contributed by atoms with E-state index in [0.29, 0.717) is 10.0 Å². The fraction of sp³-hybridized carbons (Fsp3) is 0.500. The van der Waals surface area contributed by atoms with E-state index in [2.05, 4.69) is 11.9 Å². The minimum absolute atomic E-state index is 0.108. The van der Waals surface area contributed by atoms with Crippen molar-refractivity contribution in [2.45, 2.75) is 24.9 Å². The van der Waals surface area contributed by atoms with Crippen LogP contribution in [-0.4, -0.2) is 24.5 Å². The van der Waals surface area contributed by atoms with Crippen LogP contribution >= 0.6 is 23.2 Å². The zero-order valence-electron chi connectivity index (χ0n) is 9.29. The van der Waals surface area contributed by atoms with Crippen molar-refractivity contribution in [2.24, 2.45) is 5.73 Å². The molecule has 2 atom stereocenters. The predicted octanol–water partition coefficient (Wildman–Crippen LogP) is 3.09. The first-order valence-electron chi connectivity index (χ1n) is 5.51. The molecule has 1 fully saturated rings. The summed E-state index contributed by atoms with van der Waals surface area (Å²) in [7, 11) is 2.07. The molecule has 0 saturated carbocycles. The summed E-state index contributed by atoms with van der Waals surface area (Å²) < 4.78 is 0. The maximum atomic E-state index is 6.23. The van der Waals surface area contributed by atoms with Crippen molar-refractivity contribution in [3.8, 4) is 0 Å². The second-order valence-electron chi connectivity index (χ2n) is 4.37. The lowest BCUT2D eigenvalue weighted by atomic mass is 9.91. The van der Waals surface area contributed by atoms with Crippen LogP contribution in [0.15, 0.2) is 18.2 Å². The quantitative estimate of drug-likeness (QED) is 0.839. The topological polar surface area (TPSA) is 29.3 Å². The molecule has 1 aromatic rings. The van der Waals surface area contributed by atoms with Gasteiger partial charge >= 0.3 is 0 Å². The van der Waals surface area contributed by atoms with E-state index in [-0.39, 0.29) is 12.1 Å². The zero-order valence-corrected chi connectivity index (χ0v) is 10.8. The standard InChI is InChI=1S/C12H16Cl2N2/c1-16-7-3-6-10(15)12(16)11-8(13)4-2-5-9(11)14/h2,4-5,10,12H,3,6-7,15H2,1H3. The second-order valence-corrected chi connectivity index (χ2v) is 5.18. The molecule has 1 saturated heterocycles. The van der Waals surface area contributed by atoms with Gasteiger partial charge in [0, 0.05) is 21.7 Å². The Morgan fingerprint density at radius 3 is 2.50 bits per heavy atom. The molecule has 4 heteroatoms. The van der Waals surface area contributed by atoms with Crippen LogP contribution in [0.25, 0.3) is 0 Å². The van der Waals surface area contributed by atoms with Gasteiger partial charge in [-0.15, -0.1) is 0 Å². The van der Waals surface area contributed by atoms with Crippen LogP contribution in [0.4, 0.5) is 0 Å². The predicted molar refractivity (Wildman–Crippen MR) is 69.0 cm³/mol. The third-order valence-corrected chi connectivity index (χ3v) is 3.88. The summed E-state index contributed by atoms with van der Waals surface area (Å²) in [5.41, 5.74) is 7.15. The number of nitrogens with two attached hydrogens (primary N) is 1. The summed E-state index contributed by atoms with van der Waals surface area (Å²) in [6, 6.07) is 5.85. The van der Waals surface area contributed by atoms with Crippen LogP contribution in [0.1, 0.15) is 24.4 Å². The Kier molecular flexibility index (Phi) is 3.75. The molecule has 0 radical (unpaired) electrons. The van der Waals surface area contributed by atoms with Gasteiger partial charge in [-0.05, 0) is 38.6 Å². The van der Waals surface area contributed by atoms with Gasteiger partial charge in [0.2, 0.25) is 0 Å². The van der Waals surface area contributed by atoms with E-state index in [4.69, 9.17) is 28.9 Å². The highest BCUT2D eigenvalue weighted by Gasteiger charge is 2.30. The maximum absolute atomic E-state index is 6.23. The lowest BCUT2D eigenvalue weighted by Crippen LogP contribution is -2.44. The second kappa shape index (κ2) is 4.92.